The summed E-state index contributed by atoms with van der Waals surface area (Å²) < 4.78 is 6.59. The van der Waals surface area contributed by atoms with Crippen LogP contribution < -0.4 is 10.6 Å². The predicted octanol–water partition coefficient (Wildman–Crippen LogP) is 5.10. The number of nitrogens with zero attached hydrogens (tertiary/aromatic N) is 3. The molecule has 3 aromatic rings. The maximum atomic E-state index is 12.8. The van der Waals surface area contributed by atoms with Crippen LogP contribution in [0.2, 0.25) is 5.02 Å². The summed E-state index contributed by atoms with van der Waals surface area (Å²) in [5, 5.41) is 10.8. The molecule has 0 spiro atoms. The van der Waals surface area contributed by atoms with E-state index in [1.54, 1.807) is 48.0 Å². The Labute approximate surface area is 215 Å². The molecule has 2 N–H and O–H groups in total. The number of hydrogen-bond donors (Lipinski definition) is 2. The molecule has 3 rings (SSSR count). The fraction of sp³-hybridized carbons (Fsp3) is 0.308. The number of rotatable bonds is 7. The van der Waals surface area contributed by atoms with Gasteiger partial charge < -0.3 is 20.3 Å². The van der Waals surface area contributed by atoms with Crippen molar-refractivity contribution in [2.24, 2.45) is 0 Å². The Hall–Kier alpha value is -3.85. The number of nitrogens with one attached hydrogen (secondary N) is 2. The van der Waals surface area contributed by atoms with Crippen molar-refractivity contribution in [1.82, 2.24) is 14.7 Å². The highest BCUT2D eigenvalue weighted by Crippen LogP contribution is 2.27. The number of ether oxygens (including phenoxy) is 1. The molecule has 2 aromatic carbocycles. The lowest BCUT2D eigenvalue weighted by atomic mass is 9.92. The summed E-state index contributed by atoms with van der Waals surface area (Å²) in [5.41, 5.74) is 2.16. The maximum Gasteiger partial charge on any atom is 0.338 e. The van der Waals surface area contributed by atoms with Crippen LogP contribution in [0.25, 0.3) is 5.69 Å². The molecular formula is C26H30ClN5O4. The fourth-order valence-corrected chi connectivity index (χ4v) is 3.33. The van der Waals surface area contributed by atoms with Gasteiger partial charge in [-0.2, -0.15) is 5.10 Å². The molecular weight excluding hydrogens is 482 g/mol. The van der Waals surface area contributed by atoms with E-state index < -0.39 is 12.0 Å². The predicted molar refractivity (Wildman–Crippen MR) is 140 cm³/mol. The van der Waals surface area contributed by atoms with Gasteiger partial charge in [-0.05, 0) is 55.5 Å². The number of carbonyl (C=O) groups is 3. The SMILES string of the molecule is CCOC(=O)c1ccc(NC(=O)N(C)CC(=O)Nc2cc(C(C)(C)C)nn2-c2ccc(Cl)cc2)cc1. The molecule has 0 aliphatic rings. The van der Waals surface area contributed by atoms with E-state index >= 15 is 0 Å². The first-order chi connectivity index (χ1) is 17.0. The molecule has 1 heterocycles. The molecule has 0 atom stereocenters. The number of halogens is 1. The number of hydrogen-bond acceptors (Lipinski definition) is 5. The normalized spacial score (nSPS) is 11.1. The molecule has 0 saturated carbocycles. The van der Waals surface area contributed by atoms with E-state index in [1.165, 1.54) is 11.9 Å². The van der Waals surface area contributed by atoms with Crippen molar-refractivity contribution in [1.29, 1.82) is 0 Å². The van der Waals surface area contributed by atoms with Crippen LogP contribution in [0.15, 0.2) is 54.6 Å². The van der Waals surface area contributed by atoms with Crippen molar-refractivity contribution in [3.63, 3.8) is 0 Å². The second kappa shape index (κ2) is 11.3. The van der Waals surface area contributed by atoms with Gasteiger partial charge in [0.1, 0.15) is 12.4 Å². The minimum absolute atomic E-state index is 0.191. The average Bonchev–Trinajstić information content (AvgIpc) is 3.24. The summed E-state index contributed by atoms with van der Waals surface area (Å²) in [6.45, 7) is 7.92. The standard InChI is InChI=1S/C26H30ClN5O4/c1-6-36-24(34)17-7-11-19(12-8-17)28-25(35)31(5)16-23(33)29-22-15-21(26(2,3)4)30-32(22)20-13-9-18(27)10-14-20/h7-15H,6,16H2,1-5H3,(H,28,35)(H,29,33). The van der Waals surface area contributed by atoms with Gasteiger partial charge in [0.15, 0.2) is 0 Å². The van der Waals surface area contributed by atoms with Crippen LogP contribution in [-0.2, 0) is 14.9 Å². The second-order valence-electron chi connectivity index (χ2n) is 9.19. The molecule has 9 nitrogen and oxygen atoms in total. The first-order valence-corrected chi connectivity index (χ1v) is 11.8. The Morgan fingerprint density at radius 2 is 1.67 bits per heavy atom. The number of benzene rings is 2. The van der Waals surface area contributed by atoms with Gasteiger partial charge >= 0.3 is 12.0 Å². The lowest BCUT2D eigenvalue weighted by Gasteiger charge is -2.18. The van der Waals surface area contributed by atoms with E-state index in [-0.39, 0.29) is 24.5 Å². The summed E-state index contributed by atoms with van der Waals surface area (Å²) in [6, 6.07) is 14.8. The molecule has 0 saturated heterocycles. The van der Waals surface area contributed by atoms with Crippen molar-refractivity contribution in [3.05, 3.63) is 70.9 Å². The Morgan fingerprint density at radius 3 is 2.25 bits per heavy atom. The minimum atomic E-state index is -0.476. The molecule has 190 valence electrons. The zero-order valence-corrected chi connectivity index (χ0v) is 21.7. The van der Waals surface area contributed by atoms with Crippen LogP contribution in [-0.4, -0.2) is 52.8 Å². The van der Waals surface area contributed by atoms with Crippen LogP contribution in [0.3, 0.4) is 0 Å². The molecule has 36 heavy (non-hydrogen) atoms. The van der Waals surface area contributed by atoms with E-state index in [0.29, 0.717) is 22.1 Å². The first kappa shape index (κ1) is 26.7. The molecule has 0 bridgehead atoms. The fourth-order valence-electron chi connectivity index (χ4n) is 3.21. The summed E-state index contributed by atoms with van der Waals surface area (Å²) in [4.78, 5) is 38.4. The van der Waals surface area contributed by atoms with Crippen molar-refractivity contribution < 1.29 is 19.1 Å². The Morgan fingerprint density at radius 1 is 1.03 bits per heavy atom. The molecule has 1 aromatic heterocycles. The van der Waals surface area contributed by atoms with Gasteiger partial charge in [-0.1, -0.05) is 32.4 Å². The van der Waals surface area contributed by atoms with Crippen molar-refractivity contribution >= 4 is 41.0 Å². The van der Waals surface area contributed by atoms with Crippen LogP contribution in [0.5, 0.6) is 0 Å². The quantitative estimate of drug-likeness (QED) is 0.429. The molecule has 0 aliphatic carbocycles. The van der Waals surface area contributed by atoms with E-state index in [1.807, 2.05) is 39.0 Å². The van der Waals surface area contributed by atoms with E-state index in [0.717, 1.165) is 11.4 Å². The Balaban J connectivity index is 1.67. The van der Waals surface area contributed by atoms with Crippen LogP contribution in [0.4, 0.5) is 16.3 Å². The number of carbonyl (C=O) groups excluding carboxylic acids is 3. The number of amides is 3. The van der Waals surface area contributed by atoms with Crippen molar-refractivity contribution in [3.8, 4) is 5.69 Å². The summed E-state index contributed by atoms with van der Waals surface area (Å²) in [7, 11) is 1.51. The zero-order chi connectivity index (χ0) is 26.5. The Bertz CT molecular complexity index is 1230. The largest absolute Gasteiger partial charge is 0.462 e. The molecule has 10 heteroatoms. The second-order valence-corrected chi connectivity index (χ2v) is 9.62. The topological polar surface area (TPSA) is 106 Å². The molecule has 0 radical (unpaired) electrons. The summed E-state index contributed by atoms with van der Waals surface area (Å²) in [6.07, 6.45) is 0. The number of esters is 1. The molecule has 0 aliphatic heterocycles. The smallest absolute Gasteiger partial charge is 0.338 e. The summed E-state index contributed by atoms with van der Waals surface area (Å²) >= 11 is 6.02. The van der Waals surface area contributed by atoms with Crippen molar-refractivity contribution in [2.45, 2.75) is 33.1 Å². The highest BCUT2D eigenvalue weighted by molar-refractivity contribution is 6.30. The van der Waals surface area contributed by atoms with Gasteiger partial charge in [-0.3, -0.25) is 4.79 Å². The third kappa shape index (κ3) is 6.85. The maximum absolute atomic E-state index is 12.8. The van der Waals surface area contributed by atoms with Gasteiger partial charge in [-0.25, -0.2) is 14.3 Å². The van der Waals surface area contributed by atoms with Gasteiger partial charge in [0.05, 0.1) is 23.6 Å². The van der Waals surface area contributed by atoms with Gasteiger partial charge in [0, 0.05) is 29.2 Å². The Kier molecular flexibility index (Phi) is 8.37. The van der Waals surface area contributed by atoms with E-state index in [9.17, 15) is 14.4 Å². The molecule has 3 amide bonds. The molecule has 0 fully saturated rings. The van der Waals surface area contributed by atoms with Gasteiger partial charge in [-0.15, -0.1) is 0 Å². The highest BCUT2D eigenvalue weighted by Gasteiger charge is 2.22. The van der Waals surface area contributed by atoms with E-state index in [4.69, 9.17) is 16.3 Å². The third-order valence-electron chi connectivity index (χ3n) is 5.19. The zero-order valence-electron chi connectivity index (χ0n) is 21.0. The number of anilines is 2. The minimum Gasteiger partial charge on any atom is -0.462 e. The average molecular weight is 512 g/mol. The van der Waals surface area contributed by atoms with Crippen LogP contribution >= 0.6 is 11.6 Å². The monoisotopic (exact) mass is 511 g/mol. The lowest BCUT2D eigenvalue weighted by Crippen LogP contribution is -2.37. The summed E-state index contributed by atoms with van der Waals surface area (Å²) in [5.74, 6) is -0.340. The van der Waals surface area contributed by atoms with Gasteiger partial charge in [0.25, 0.3) is 0 Å². The van der Waals surface area contributed by atoms with Crippen molar-refractivity contribution in [2.75, 3.05) is 30.8 Å². The van der Waals surface area contributed by atoms with E-state index in [2.05, 4.69) is 15.7 Å². The van der Waals surface area contributed by atoms with Gasteiger partial charge in [0.2, 0.25) is 5.91 Å². The molecule has 0 unspecified atom stereocenters. The number of likely N-dealkylation sites (N-methyl/N-ethyl adjacent to an activating group) is 1. The highest BCUT2D eigenvalue weighted by atomic mass is 35.5. The number of aromatic nitrogens is 2. The lowest BCUT2D eigenvalue weighted by molar-refractivity contribution is -0.116. The first-order valence-electron chi connectivity index (χ1n) is 11.4. The van der Waals surface area contributed by atoms with Crippen LogP contribution in [0.1, 0.15) is 43.7 Å². The third-order valence-corrected chi connectivity index (χ3v) is 5.44. The number of urea groups is 1. The van der Waals surface area contributed by atoms with Crippen LogP contribution in [0, 0.1) is 0 Å².